The Hall–Kier alpha value is -4.18. The number of benzene rings is 2. The van der Waals surface area contributed by atoms with Crippen LogP contribution in [0, 0.1) is 12.7 Å². The number of nitrogens with zero attached hydrogens (tertiary/aromatic N) is 1. The van der Waals surface area contributed by atoms with Gasteiger partial charge in [-0.3, -0.25) is 9.69 Å². The molecule has 2 heterocycles. The Bertz CT molecular complexity index is 1300. The first-order valence-electron chi connectivity index (χ1n) is 11.7. The van der Waals surface area contributed by atoms with Crippen molar-refractivity contribution in [1.82, 2.24) is 10.6 Å². The van der Waals surface area contributed by atoms with Gasteiger partial charge in [-0.05, 0) is 42.3 Å². The third-order valence-electron chi connectivity index (χ3n) is 5.98. The average molecular weight is 510 g/mol. The van der Waals surface area contributed by atoms with E-state index in [0.717, 1.165) is 5.56 Å². The molecule has 3 aromatic rings. The highest BCUT2D eigenvalue weighted by Crippen LogP contribution is 2.29. The number of halogens is 1. The topological polar surface area (TPSA) is 110 Å². The molecule has 37 heavy (non-hydrogen) atoms. The van der Waals surface area contributed by atoms with Gasteiger partial charge in [0, 0.05) is 19.0 Å². The van der Waals surface area contributed by atoms with Gasteiger partial charge in [-0.15, -0.1) is 0 Å². The van der Waals surface area contributed by atoms with E-state index >= 15 is 0 Å². The molecule has 1 atom stereocenters. The van der Waals surface area contributed by atoms with Gasteiger partial charge in [0.25, 0.3) is 0 Å². The Kier molecular flexibility index (Phi) is 7.88. The summed E-state index contributed by atoms with van der Waals surface area (Å²) in [4.78, 5) is 36.4. The number of aryl methyl sites for hydroxylation is 1. The van der Waals surface area contributed by atoms with E-state index in [9.17, 15) is 18.8 Å². The summed E-state index contributed by atoms with van der Waals surface area (Å²) in [5, 5.41) is 5.87. The fourth-order valence-corrected chi connectivity index (χ4v) is 4.08. The molecule has 194 valence electrons. The van der Waals surface area contributed by atoms with Crippen LogP contribution in [0.4, 0.5) is 14.9 Å². The van der Waals surface area contributed by atoms with Crippen molar-refractivity contribution < 1.29 is 32.7 Å². The van der Waals surface area contributed by atoms with Crippen LogP contribution in [0.1, 0.15) is 34.4 Å². The van der Waals surface area contributed by atoms with Gasteiger partial charge in [-0.2, -0.15) is 0 Å². The first-order chi connectivity index (χ1) is 17.7. The molecule has 0 radical (unpaired) electrons. The van der Waals surface area contributed by atoms with E-state index in [4.69, 9.17) is 13.9 Å². The van der Waals surface area contributed by atoms with Crippen molar-refractivity contribution in [2.45, 2.75) is 33.0 Å². The summed E-state index contributed by atoms with van der Waals surface area (Å²) < 4.78 is 30.6. The maximum Gasteiger partial charge on any atom is 0.414 e. The lowest BCUT2D eigenvalue weighted by atomic mass is 10.0. The number of anilines is 1. The quantitative estimate of drug-likeness (QED) is 0.421. The lowest BCUT2D eigenvalue weighted by molar-refractivity contribution is -0.119. The number of nitrogens with one attached hydrogen (secondary N) is 2. The van der Waals surface area contributed by atoms with E-state index in [2.05, 4.69) is 10.6 Å². The molecule has 2 N–H and O–H groups in total. The monoisotopic (exact) mass is 509 g/mol. The summed E-state index contributed by atoms with van der Waals surface area (Å²) in [6.45, 7) is 4.50. The van der Waals surface area contributed by atoms with E-state index in [0.29, 0.717) is 47.0 Å². The summed E-state index contributed by atoms with van der Waals surface area (Å²) in [7, 11) is 1.33. The van der Waals surface area contributed by atoms with Gasteiger partial charge in [0.2, 0.25) is 5.91 Å². The lowest BCUT2D eigenvalue weighted by Gasteiger charge is -2.15. The molecule has 0 unspecified atom stereocenters. The van der Waals surface area contributed by atoms with Crippen LogP contribution in [0.5, 0.6) is 0 Å². The Balaban J connectivity index is 1.35. The lowest BCUT2D eigenvalue weighted by Crippen LogP contribution is -2.33. The zero-order chi connectivity index (χ0) is 26.5. The molecule has 0 bridgehead atoms. The van der Waals surface area contributed by atoms with E-state index in [1.807, 2.05) is 24.3 Å². The number of carbonyl (C=O) groups is 3. The number of methoxy groups -OCH3 is 1. The minimum atomic E-state index is -0.578. The van der Waals surface area contributed by atoms with Gasteiger partial charge < -0.3 is 24.5 Å². The van der Waals surface area contributed by atoms with Crippen molar-refractivity contribution in [2.24, 2.45) is 0 Å². The van der Waals surface area contributed by atoms with Crippen molar-refractivity contribution >= 4 is 23.7 Å². The molecular formula is C27H28FN3O6. The van der Waals surface area contributed by atoms with Crippen LogP contribution in [0.2, 0.25) is 0 Å². The maximum atomic E-state index is 15.0. The Morgan fingerprint density at radius 2 is 1.89 bits per heavy atom. The summed E-state index contributed by atoms with van der Waals surface area (Å²) >= 11 is 0. The maximum absolute atomic E-state index is 15.0. The highest BCUT2D eigenvalue weighted by Gasteiger charge is 2.32. The number of esters is 1. The van der Waals surface area contributed by atoms with Crippen LogP contribution < -0.4 is 15.5 Å². The minimum absolute atomic E-state index is 0.203. The number of hydrogen-bond acceptors (Lipinski definition) is 7. The normalized spacial score (nSPS) is 15.0. The Morgan fingerprint density at radius 3 is 2.57 bits per heavy atom. The second-order valence-corrected chi connectivity index (χ2v) is 8.69. The van der Waals surface area contributed by atoms with Crippen molar-refractivity contribution in [3.05, 3.63) is 77.0 Å². The van der Waals surface area contributed by atoms with Gasteiger partial charge in [0.05, 0.1) is 32.4 Å². The van der Waals surface area contributed by atoms with Crippen LogP contribution in [0.3, 0.4) is 0 Å². The molecule has 2 aromatic carbocycles. The molecule has 0 spiro atoms. The molecular weight excluding hydrogens is 481 g/mol. The standard InChI is InChI=1S/C27H28FN3O6/c1-16-24(26(33)35-3)11-21(36-16)13-29-12-18-4-6-19(7-5-18)23-9-8-20(10-25(23)28)31-15-22(37-27(31)34)14-30-17(2)32/h4-11,22,29H,12-15H2,1-3H3,(H,30,32)/t22-/m0/s1. The van der Waals surface area contributed by atoms with E-state index in [1.165, 1.54) is 25.0 Å². The van der Waals surface area contributed by atoms with Gasteiger partial charge in [-0.1, -0.05) is 24.3 Å². The van der Waals surface area contributed by atoms with Gasteiger partial charge in [0.1, 0.15) is 29.0 Å². The smallest absolute Gasteiger partial charge is 0.414 e. The Labute approximate surface area is 213 Å². The number of hydrogen-bond donors (Lipinski definition) is 2. The first-order valence-corrected chi connectivity index (χ1v) is 11.7. The van der Waals surface area contributed by atoms with Crippen LogP contribution in [0.25, 0.3) is 11.1 Å². The van der Waals surface area contributed by atoms with E-state index in [-0.39, 0.29) is 19.0 Å². The Morgan fingerprint density at radius 1 is 1.14 bits per heavy atom. The van der Waals surface area contributed by atoms with Crippen LogP contribution in [-0.2, 0) is 27.4 Å². The van der Waals surface area contributed by atoms with Crippen molar-refractivity contribution in [3.63, 3.8) is 0 Å². The molecule has 1 aromatic heterocycles. The third kappa shape index (κ3) is 6.15. The SMILES string of the molecule is COC(=O)c1cc(CNCc2ccc(-c3ccc(N4C[C@H](CNC(C)=O)OC4=O)cc3F)cc2)oc1C. The molecule has 0 aliphatic carbocycles. The third-order valence-corrected chi connectivity index (χ3v) is 5.98. The molecule has 4 rings (SSSR count). The number of amides is 2. The predicted molar refractivity (Wildman–Crippen MR) is 133 cm³/mol. The molecule has 1 aliphatic rings. The summed E-state index contributed by atoms with van der Waals surface area (Å²) in [5.41, 5.74) is 2.89. The number of rotatable bonds is 9. The van der Waals surface area contributed by atoms with Crippen molar-refractivity contribution in [1.29, 1.82) is 0 Å². The minimum Gasteiger partial charge on any atom is -0.465 e. The van der Waals surface area contributed by atoms with E-state index < -0.39 is 24.0 Å². The predicted octanol–water partition coefficient (Wildman–Crippen LogP) is 3.93. The highest BCUT2D eigenvalue weighted by atomic mass is 19.1. The fourth-order valence-electron chi connectivity index (χ4n) is 4.08. The van der Waals surface area contributed by atoms with Crippen LogP contribution >= 0.6 is 0 Å². The second-order valence-electron chi connectivity index (χ2n) is 8.69. The highest BCUT2D eigenvalue weighted by molar-refractivity contribution is 5.91. The molecule has 2 amide bonds. The van der Waals surface area contributed by atoms with Crippen LogP contribution in [0.15, 0.2) is 52.9 Å². The molecule has 1 fully saturated rings. The number of cyclic esters (lactones) is 1. The van der Waals surface area contributed by atoms with Crippen molar-refractivity contribution in [2.75, 3.05) is 25.1 Å². The molecule has 1 aliphatic heterocycles. The van der Waals surface area contributed by atoms with Crippen molar-refractivity contribution in [3.8, 4) is 11.1 Å². The van der Waals surface area contributed by atoms with E-state index in [1.54, 1.807) is 25.1 Å². The summed E-state index contributed by atoms with van der Waals surface area (Å²) in [6, 6.07) is 13.7. The first kappa shape index (κ1) is 25.9. The molecule has 10 heteroatoms. The van der Waals surface area contributed by atoms with Gasteiger partial charge in [-0.25, -0.2) is 14.0 Å². The molecule has 9 nitrogen and oxygen atoms in total. The van der Waals surface area contributed by atoms with Gasteiger partial charge in [0.15, 0.2) is 0 Å². The largest absolute Gasteiger partial charge is 0.465 e. The zero-order valence-corrected chi connectivity index (χ0v) is 20.8. The average Bonchev–Trinajstić information content (AvgIpc) is 3.44. The second kappa shape index (κ2) is 11.3. The summed E-state index contributed by atoms with van der Waals surface area (Å²) in [5.74, 6) is 0.0203. The molecule has 1 saturated heterocycles. The van der Waals surface area contributed by atoms with Gasteiger partial charge >= 0.3 is 12.1 Å². The number of carbonyl (C=O) groups excluding carboxylic acids is 3. The zero-order valence-electron chi connectivity index (χ0n) is 20.8. The number of furan rings is 1. The fraction of sp³-hybridized carbons (Fsp3) is 0.296. The summed E-state index contributed by atoms with van der Waals surface area (Å²) in [6.07, 6.45) is -1.07. The van der Waals surface area contributed by atoms with Crippen LogP contribution in [-0.4, -0.2) is 44.3 Å². The molecule has 0 saturated carbocycles. The number of ether oxygens (including phenoxy) is 2.